The third-order valence-corrected chi connectivity index (χ3v) is 7.43. The summed E-state index contributed by atoms with van der Waals surface area (Å²) in [5, 5.41) is 3.83. The topological polar surface area (TPSA) is 70.1 Å². The lowest BCUT2D eigenvalue weighted by Crippen LogP contribution is -2.41. The van der Waals surface area contributed by atoms with Crippen molar-refractivity contribution in [1.82, 2.24) is 19.8 Å². The summed E-state index contributed by atoms with van der Waals surface area (Å²) in [7, 11) is 0. The van der Waals surface area contributed by atoms with Gasteiger partial charge >= 0.3 is 0 Å². The predicted octanol–water partition coefficient (Wildman–Crippen LogP) is 5.21. The second-order valence-corrected chi connectivity index (χ2v) is 10.1. The van der Waals surface area contributed by atoms with E-state index in [1.165, 1.54) is 18.4 Å². The van der Waals surface area contributed by atoms with Crippen LogP contribution in [0.15, 0.2) is 59.4 Å². The molecule has 1 amide bonds. The molecule has 1 atom stereocenters. The molecule has 0 aliphatic carbocycles. The van der Waals surface area contributed by atoms with Gasteiger partial charge in [0.15, 0.2) is 4.77 Å². The van der Waals surface area contributed by atoms with Crippen LogP contribution in [0.25, 0.3) is 10.9 Å². The smallest absolute Gasteiger partial charge is 0.262 e. The lowest BCUT2D eigenvalue weighted by atomic mass is 9.95. The number of H-pyrrole nitrogens is 1. The number of rotatable bonds is 10. The van der Waals surface area contributed by atoms with E-state index in [4.69, 9.17) is 12.2 Å². The number of carbonyl (C=O) groups excluding carboxylic acids is 1. The van der Waals surface area contributed by atoms with Gasteiger partial charge in [-0.1, -0.05) is 55.8 Å². The van der Waals surface area contributed by atoms with Crippen LogP contribution < -0.4 is 10.9 Å². The summed E-state index contributed by atoms with van der Waals surface area (Å²) >= 11 is 5.39. The Morgan fingerprint density at radius 1 is 1.06 bits per heavy atom. The van der Waals surface area contributed by atoms with Crippen molar-refractivity contribution >= 4 is 29.0 Å². The number of benzene rings is 2. The summed E-state index contributed by atoms with van der Waals surface area (Å²) < 4.78 is 2.08. The molecule has 3 aromatic rings. The maximum atomic E-state index is 12.7. The van der Waals surface area contributed by atoms with E-state index < -0.39 is 0 Å². The van der Waals surface area contributed by atoms with Crippen molar-refractivity contribution in [2.24, 2.45) is 5.92 Å². The Hall–Kier alpha value is -2.77. The molecule has 2 heterocycles. The lowest BCUT2D eigenvalue weighted by molar-refractivity contribution is -0.121. The quantitative estimate of drug-likeness (QED) is 0.301. The fourth-order valence-corrected chi connectivity index (χ4v) is 5.19. The summed E-state index contributed by atoms with van der Waals surface area (Å²) in [5.74, 6) is 0.869. The molecule has 6 nitrogen and oxygen atoms in total. The van der Waals surface area contributed by atoms with Crippen molar-refractivity contribution in [3.8, 4) is 0 Å². The summed E-state index contributed by atoms with van der Waals surface area (Å²) in [6.45, 7) is 5.67. The van der Waals surface area contributed by atoms with Crippen molar-refractivity contribution in [2.75, 3.05) is 19.6 Å². The fraction of sp³-hybridized carbons (Fsp3) is 0.464. The monoisotopic (exact) mass is 492 g/mol. The number of piperidine rings is 1. The minimum Gasteiger partial charge on any atom is -0.354 e. The average Bonchev–Trinajstić information content (AvgIpc) is 2.87. The molecule has 35 heavy (non-hydrogen) atoms. The molecule has 0 saturated carbocycles. The number of unbranched alkanes of at least 4 members (excludes halogenated alkanes) is 2. The molecular weight excluding hydrogens is 456 g/mol. The Kier molecular flexibility index (Phi) is 8.88. The largest absolute Gasteiger partial charge is 0.354 e. The van der Waals surface area contributed by atoms with Crippen molar-refractivity contribution in [2.45, 2.75) is 58.0 Å². The SMILES string of the molecule is CC1CCN(C(CNC(=O)CCCCCn2c(=S)[nH]c3ccccc3c2=O)c2ccccc2)CC1. The van der Waals surface area contributed by atoms with Gasteiger partial charge < -0.3 is 10.3 Å². The molecule has 1 fully saturated rings. The zero-order valence-corrected chi connectivity index (χ0v) is 21.4. The predicted molar refractivity (Wildman–Crippen MR) is 144 cm³/mol. The first-order chi connectivity index (χ1) is 17.0. The molecule has 0 radical (unpaired) electrons. The van der Waals surface area contributed by atoms with Crippen LogP contribution in [0.4, 0.5) is 0 Å². The van der Waals surface area contributed by atoms with Gasteiger partial charge in [-0.25, -0.2) is 0 Å². The number of fused-ring (bicyclic) bond motifs is 1. The van der Waals surface area contributed by atoms with Gasteiger partial charge in [-0.05, 0) is 74.6 Å². The Morgan fingerprint density at radius 3 is 2.54 bits per heavy atom. The number of para-hydroxylation sites is 1. The molecule has 1 unspecified atom stereocenters. The van der Waals surface area contributed by atoms with Crippen LogP contribution in [-0.4, -0.2) is 40.0 Å². The Balaban J connectivity index is 1.24. The Morgan fingerprint density at radius 2 is 1.77 bits per heavy atom. The first-order valence-electron chi connectivity index (χ1n) is 12.8. The van der Waals surface area contributed by atoms with Crippen molar-refractivity contribution in [3.05, 3.63) is 75.3 Å². The van der Waals surface area contributed by atoms with Crippen LogP contribution in [-0.2, 0) is 11.3 Å². The van der Waals surface area contributed by atoms with Crippen molar-refractivity contribution in [3.63, 3.8) is 0 Å². The van der Waals surface area contributed by atoms with E-state index in [1.807, 2.05) is 30.3 Å². The molecule has 1 aliphatic heterocycles. The maximum absolute atomic E-state index is 12.7. The number of hydrogen-bond donors (Lipinski definition) is 2. The molecule has 7 heteroatoms. The highest BCUT2D eigenvalue weighted by atomic mass is 32.1. The summed E-state index contributed by atoms with van der Waals surface area (Å²) in [5.41, 5.74) is 1.98. The highest BCUT2D eigenvalue weighted by Crippen LogP contribution is 2.26. The highest BCUT2D eigenvalue weighted by Gasteiger charge is 2.24. The molecule has 2 aromatic carbocycles. The average molecular weight is 493 g/mol. The minimum absolute atomic E-state index is 0.0545. The van der Waals surface area contributed by atoms with Crippen LogP contribution in [0.5, 0.6) is 0 Å². The molecule has 1 aromatic heterocycles. The number of likely N-dealkylation sites (tertiary alicyclic amines) is 1. The van der Waals surface area contributed by atoms with Gasteiger partial charge in [-0.3, -0.25) is 19.1 Å². The number of amides is 1. The maximum Gasteiger partial charge on any atom is 0.262 e. The number of nitrogens with one attached hydrogen (secondary N) is 2. The number of aromatic nitrogens is 2. The highest BCUT2D eigenvalue weighted by molar-refractivity contribution is 7.71. The van der Waals surface area contributed by atoms with Crippen molar-refractivity contribution in [1.29, 1.82) is 0 Å². The van der Waals surface area contributed by atoms with Crippen LogP contribution in [0.1, 0.15) is 57.1 Å². The van der Waals surface area contributed by atoms with Gasteiger partial charge in [0.25, 0.3) is 5.56 Å². The molecular formula is C28H36N4O2S. The van der Waals surface area contributed by atoms with E-state index in [9.17, 15) is 9.59 Å². The van der Waals surface area contributed by atoms with Crippen LogP contribution >= 0.6 is 12.2 Å². The normalized spacial score (nSPS) is 15.8. The summed E-state index contributed by atoms with van der Waals surface area (Å²) in [6, 6.07) is 18.1. The van der Waals surface area contributed by atoms with E-state index in [1.54, 1.807) is 4.57 Å². The molecule has 0 bridgehead atoms. The summed E-state index contributed by atoms with van der Waals surface area (Å²) in [6.07, 6.45) is 5.39. The second-order valence-electron chi connectivity index (χ2n) is 9.69. The first kappa shape index (κ1) is 25.3. The number of nitrogens with zero attached hydrogens (tertiary/aromatic N) is 2. The van der Waals surface area contributed by atoms with E-state index in [-0.39, 0.29) is 17.5 Å². The van der Waals surface area contributed by atoms with Gasteiger partial charge in [0.2, 0.25) is 5.91 Å². The molecule has 0 spiro atoms. The van der Waals surface area contributed by atoms with E-state index in [0.717, 1.165) is 43.8 Å². The Bertz CT molecular complexity index is 1230. The molecule has 1 saturated heterocycles. The second kappa shape index (κ2) is 12.3. The van der Waals surface area contributed by atoms with Crippen LogP contribution in [0.2, 0.25) is 0 Å². The number of hydrogen-bond acceptors (Lipinski definition) is 4. The number of carbonyl (C=O) groups is 1. The molecule has 4 rings (SSSR count). The Labute approximate surface area is 212 Å². The minimum atomic E-state index is -0.0545. The zero-order chi connectivity index (χ0) is 24.6. The first-order valence-corrected chi connectivity index (χ1v) is 13.2. The summed E-state index contributed by atoms with van der Waals surface area (Å²) in [4.78, 5) is 31.0. The zero-order valence-electron chi connectivity index (χ0n) is 20.5. The third-order valence-electron chi connectivity index (χ3n) is 7.11. The fourth-order valence-electron chi connectivity index (χ4n) is 4.91. The van der Waals surface area contributed by atoms with Gasteiger partial charge in [0, 0.05) is 19.5 Å². The molecule has 186 valence electrons. The van der Waals surface area contributed by atoms with Crippen LogP contribution in [0.3, 0.4) is 0 Å². The molecule has 2 N–H and O–H groups in total. The molecule has 1 aliphatic rings. The lowest BCUT2D eigenvalue weighted by Gasteiger charge is -2.37. The third kappa shape index (κ3) is 6.67. The van der Waals surface area contributed by atoms with Crippen LogP contribution in [0, 0.1) is 10.7 Å². The van der Waals surface area contributed by atoms with Gasteiger partial charge in [0.1, 0.15) is 0 Å². The van der Waals surface area contributed by atoms with E-state index >= 15 is 0 Å². The van der Waals surface area contributed by atoms with E-state index in [0.29, 0.717) is 29.7 Å². The number of aromatic amines is 1. The van der Waals surface area contributed by atoms with Gasteiger partial charge in [-0.2, -0.15) is 0 Å². The standard InChI is InChI=1S/C28H36N4O2S/c1-21-15-18-31(19-16-21)25(22-10-4-2-5-11-22)20-29-26(33)14-6-3-9-17-32-27(34)23-12-7-8-13-24(23)30-28(32)35/h2,4-5,7-8,10-13,21,25H,3,6,9,14-20H2,1H3,(H,29,33)(H,30,35). The van der Waals surface area contributed by atoms with Gasteiger partial charge in [0.05, 0.1) is 16.9 Å². The van der Waals surface area contributed by atoms with Gasteiger partial charge in [-0.15, -0.1) is 0 Å². The van der Waals surface area contributed by atoms with E-state index in [2.05, 4.69) is 46.4 Å². The van der Waals surface area contributed by atoms with Crippen molar-refractivity contribution < 1.29 is 4.79 Å².